The maximum Gasteiger partial charge on any atom is 0.238 e. The van der Waals surface area contributed by atoms with Crippen LogP contribution in [0.1, 0.15) is 30.9 Å². The number of hydrogen-bond acceptors (Lipinski definition) is 2. The Labute approximate surface area is 143 Å². The van der Waals surface area contributed by atoms with Crippen molar-refractivity contribution < 1.29 is 4.79 Å². The van der Waals surface area contributed by atoms with Crippen molar-refractivity contribution in [3.63, 3.8) is 0 Å². The molecule has 23 heavy (non-hydrogen) atoms. The van der Waals surface area contributed by atoms with E-state index in [0.717, 1.165) is 23.7 Å². The first-order valence-electron chi connectivity index (χ1n) is 7.89. The van der Waals surface area contributed by atoms with Crippen LogP contribution in [0.15, 0.2) is 48.5 Å². The predicted molar refractivity (Wildman–Crippen MR) is 97.2 cm³/mol. The van der Waals surface area contributed by atoms with Crippen molar-refractivity contribution in [1.82, 2.24) is 5.32 Å². The Bertz CT molecular complexity index is 621. The Balaban J connectivity index is 1.69. The number of carbonyl (C=O) groups excluding carboxylic acids is 1. The number of amides is 1. The minimum atomic E-state index is -0.0293. The zero-order chi connectivity index (χ0) is 16.7. The van der Waals surface area contributed by atoms with E-state index in [2.05, 4.69) is 24.5 Å². The number of nitrogens with one attached hydrogen (secondary N) is 2. The second kappa shape index (κ2) is 8.70. The molecule has 0 spiro atoms. The quantitative estimate of drug-likeness (QED) is 0.746. The van der Waals surface area contributed by atoms with Crippen LogP contribution in [0.4, 0.5) is 5.69 Å². The second-order valence-corrected chi connectivity index (χ2v) is 6.31. The third-order valence-corrected chi connectivity index (χ3v) is 3.90. The fourth-order valence-electron chi connectivity index (χ4n) is 2.24. The Hall–Kier alpha value is -1.84. The highest BCUT2D eigenvalue weighted by molar-refractivity contribution is 6.30. The molecule has 122 valence electrons. The first-order valence-corrected chi connectivity index (χ1v) is 8.27. The maximum absolute atomic E-state index is 11.9. The largest absolute Gasteiger partial charge is 0.325 e. The minimum Gasteiger partial charge on any atom is -0.325 e. The van der Waals surface area contributed by atoms with Gasteiger partial charge in [0.1, 0.15) is 0 Å². The molecule has 4 heteroatoms. The van der Waals surface area contributed by atoms with Crippen molar-refractivity contribution in [3.05, 3.63) is 64.7 Å². The zero-order valence-electron chi connectivity index (χ0n) is 13.6. The third kappa shape index (κ3) is 6.05. The highest BCUT2D eigenvalue weighted by Gasteiger charge is 2.03. The maximum atomic E-state index is 11.9. The molecule has 2 rings (SSSR count). The Morgan fingerprint density at radius 1 is 1.04 bits per heavy atom. The Kier molecular flexibility index (Phi) is 6.63. The average molecular weight is 331 g/mol. The van der Waals surface area contributed by atoms with Crippen molar-refractivity contribution in [1.29, 1.82) is 0 Å². The van der Waals surface area contributed by atoms with Gasteiger partial charge in [0.05, 0.1) is 6.54 Å². The van der Waals surface area contributed by atoms with Gasteiger partial charge in [0, 0.05) is 10.7 Å². The first kappa shape index (κ1) is 17.5. The van der Waals surface area contributed by atoms with Crippen LogP contribution in [0.2, 0.25) is 5.02 Å². The minimum absolute atomic E-state index is 0.0293. The standard InChI is InChI=1S/C19H23ClN2O/c1-14(2)16-5-9-18(10-6-16)22-19(23)13-21-12-11-15-3-7-17(20)8-4-15/h3-10,14,21H,11-13H2,1-2H3,(H,22,23). The SMILES string of the molecule is CC(C)c1ccc(NC(=O)CNCCc2ccc(Cl)cc2)cc1. The molecule has 0 bridgehead atoms. The molecule has 0 aliphatic rings. The van der Waals surface area contributed by atoms with E-state index in [9.17, 15) is 4.79 Å². The van der Waals surface area contributed by atoms with Crippen LogP contribution in [-0.4, -0.2) is 19.0 Å². The van der Waals surface area contributed by atoms with Gasteiger partial charge in [-0.1, -0.05) is 49.7 Å². The smallest absolute Gasteiger partial charge is 0.238 e. The van der Waals surface area contributed by atoms with Crippen LogP contribution in [0.25, 0.3) is 0 Å². The summed E-state index contributed by atoms with van der Waals surface area (Å²) >= 11 is 5.85. The summed E-state index contributed by atoms with van der Waals surface area (Å²) in [6.07, 6.45) is 0.869. The second-order valence-electron chi connectivity index (χ2n) is 5.88. The first-order chi connectivity index (χ1) is 11.0. The lowest BCUT2D eigenvalue weighted by Gasteiger charge is -2.09. The summed E-state index contributed by atoms with van der Waals surface area (Å²) in [5.74, 6) is 0.465. The van der Waals surface area contributed by atoms with Gasteiger partial charge in [0.2, 0.25) is 5.91 Å². The molecule has 0 atom stereocenters. The van der Waals surface area contributed by atoms with Crippen LogP contribution >= 0.6 is 11.6 Å². The molecule has 0 aliphatic heterocycles. The van der Waals surface area contributed by atoms with E-state index in [-0.39, 0.29) is 5.91 Å². The van der Waals surface area contributed by atoms with E-state index >= 15 is 0 Å². The summed E-state index contributed by atoms with van der Waals surface area (Å²) in [7, 11) is 0. The Morgan fingerprint density at radius 2 is 1.70 bits per heavy atom. The van der Waals surface area contributed by atoms with Crippen molar-refractivity contribution in [2.24, 2.45) is 0 Å². The number of anilines is 1. The summed E-state index contributed by atoms with van der Waals surface area (Å²) in [5.41, 5.74) is 3.30. The van der Waals surface area contributed by atoms with E-state index in [1.165, 1.54) is 11.1 Å². The molecular weight excluding hydrogens is 308 g/mol. The van der Waals surface area contributed by atoms with Crippen LogP contribution in [0.3, 0.4) is 0 Å². The third-order valence-electron chi connectivity index (χ3n) is 3.65. The fourth-order valence-corrected chi connectivity index (χ4v) is 2.37. The van der Waals surface area contributed by atoms with E-state index in [0.29, 0.717) is 12.5 Å². The van der Waals surface area contributed by atoms with Crippen molar-refractivity contribution in [3.8, 4) is 0 Å². The molecule has 0 aromatic heterocycles. The molecule has 0 saturated heterocycles. The summed E-state index contributed by atoms with van der Waals surface area (Å²) in [4.78, 5) is 11.9. The van der Waals surface area contributed by atoms with Gasteiger partial charge in [0.25, 0.3) is 0 Å². The van der Waals surface area contributed by atoms with Crippen molar-refractivity contribution >= 4 is 23.2 Å². The lowest BCUT2D eigenvalue weighted by Crippen LogP contribution is -2.29. The topological polar surface area (TPSA) is 41.1 Å². The highest BCUT2D eigenvalue weighted by atomic mass is 35.5. The molecule has 2 aromatic rings. The van der Waals surface area contributed by atoms with E-state index in [1.54, 1.807) is 0 Å². The van der Waals surface area contributed by atoms with Gasteiger partial charge in [-0.3, -0.25) is 4.79 Å². The summed E-state index contributed by atoms with van der Waals surface area (Å²) in [6.45, 7) is 5.36. The number of halogens is 1. The normalized spacial score (nSPS) is 10.8. The predicted octanol–water partition coefficient (Wildman–Crippen LogP) is 4.23. The van der Waals surface area contributed by atoms with Gasteiger partial charge >= 0.3 is 0 Å². The van der Waals surface area contributed by atoms with E-state index in [4.69, 9.17) is 11.6 Å². The van der Waals surface area contributed by atoms with Crippen LogP contribution < -0.4 is 10.6 Å². The molecule has 0 saturated carbocycles. The fraction of sp³-hybridized carbons (Fsp3) is 0.316. The van der Waals surface area contributed by atoms with Crippen LogP contribution in [0.5, 0.6) is 0 Å². The van der Waals surface area contributed by atoms with Gasteiger partial charge in [-0.05, 0) is 54.3 Å². The van der Waals surface area contributed by atoms with E-state index < -0.39 is 0 Å². The highest BCUT2D eigenvalue weighted by Crippen LogP contribution is 2.16. The van der Waals surface area contributed by atoms with Gasteiger partial charge in [-0.15, -0.1) is 0 Å². The lowest BCUT2D eigenvalue weighted by molar-refractivity contribution is -0.115. The van der Waals surface area contributed by atoms with Crippen LogP contribution in [0, 0.1) is 0 Å². The van der Waals surface area contributed by atoms with Crippen molar-refractivity contribution in [2.75, 3.05) is 18.4 Å². The molecule has 0 radical (unpaired) electrons. The lowest BCUT2D eigenvalue weighted by atomic mass is 10.0. The Morgan fingerprint density at radius 3 is 2.30 bits per heavy atom. The summed E-state index contributed by atoms with van der Waals surface area (Å²) < 4.78 is 0. The molecule has 2 aromatic carbocycles. The summed E-state index contributed by atoms with van der Waals surface area (Å²) in [6, 6.07) is 15.7. The number of rotatable bonds is 7. The molecular formula is C19H23ClN2O. The van der Waals surface area contributed by atoms with Gasteiger partial charge in [-0.2, -0.15) is 0 Å². The molecule has 1 amide bonds. The summed E-state index contributed by atoms with van der Waals surface area (Å²) in [5, 5.41) is 6.79. The number of carbonyl (C=O) groups is 1. The molecule has 0 heterocycles. The average Bonchev–Trinajstić information content (AvgIpc) is 2.54. The number of benzene rings is 2. The van der Waals surface area contributed by atoms with E-state index in [1.807, 2.05) is 48.5 Å². The van der Waals surface area contributed by atoms with Crippen LogP contribution in [-0.2, 0) is 11.2 Å². The monoisotopic (exact) mass is 330 g/mol. The van der Waals surface area contributed by atoms with Gasteiger partial charge in [-0.25, -0.2) is 0 Å². The van der Waals surface area contributed by atoms with Gasteiger partial charge in [0.15, 0.2) is 0 Å². The zero-order valence-corrected chi connectivity index (χ0v) is 14.4. The molecule has 3 nitrogen and oxygen atoms in total. The molecule has 0 unspecified atom stereocenters. The molecule has 0 fully saturated rings. The number of hydrogen-bond donors (Lipinski definition) is 2. The van der Waals surface area contributed by atoms with Crippen molar-refractivity contribution in [2.45, 2.75) is 26.2 Å². The van der Waals surface area contributed by atoms with Gasteiger partial charge < -0.3 is 10.6 Å². The molecule has 2 N–H and O–H groups in total. The molecule has 0 aliphatic carbocycles.